The third kappa shape index (κ3) is 10.1. The number of likely N-dealkylation sites (tertiary alicyclic amines) is 1. The van der Waals surface area contributed by atoms with E-state index in [0.717, 1.165) is 86.4 Å². The molecule has 3 rings (SSSR count). The molecule has 0 radical (unpaired) electrons. The number of aromatic nitrogens is 2. The van der Waals surface area contributed by atoms with E-state index in [-0.39, 0.29) is 24.2 Å². The van der Waals surface area contributed by atoms with Crippen LogP contribution in [0.3, 0.4) is 0 Å². The Labute approximate surface area is 239 Å². The van der Waals surface area contributed by atoms with Crippen molar-refractivity contribution in [1.29, 1.82) is 0 Å². The van der Waals surface area contributed by atoms with Crippen LogP contribution >= 0.6 is 0 Å². The maximum atomic E-state index is 13.6. The number of aryl methyl sites for hydroxylation is 1. The predicted molar refractivity (Wildman–Crippen MR) is 160 cm³/mol. The van der Waals surface area contributed by atoms with Crippen LogP contribution in [0.1, 0.15) is 74.3 Å². The Morgan fingerprint density at radius 1 is 1.10 bits per heavy atom. The highest BCUT2D eigenvalue weighted by Crippen LogP contribution is 2.23. The fourth-order valence-electron chi connectivity index (χ4n) is 5.25. The Bertz CT molecular complexity index is 1080. The molecule has 0 saturated carbocycles. The van der Waals surface area contributed by atoms with E-state index >= 15 is 0 Å². The number of nitrogens with zero attached hydrogens (tertiary/aromatic N) is 4. The number of methoxy groups -OCH3 is 1. The van der Waals surface area contributed by atoms with E-state index in [4.69, 9.17) is 10.5 Å². The quantitative estimate of drug-likeness (QED) is 0.247. The van der Waals surface area contributed by atoms with E-state index in [2.05, 4.69) is 34.2 Å². The van der Waals surface area contributed by atoms with Crippen molar-refractivity contribution in [3.8, 4) is 0 Å². The van der Waals surface area contributed by atoms with Crippen molar-refractivity contribution in [2.75, 3.05) is 51.4 Å². The van der Waals surface area contributed by atoms with Gasteiger partial charge in [0.25, 0.3) is 0 Å². The van der Waals surface area contributed by atoms with E-state index in [1.807, 2.05) is 36.1 Å². The van der Waals surface area contributed by atoms with Gasteiger partial charge in [-0.25, -0.2) is 4.98 Å². The molecule has 0 atom stereocenters. The first-order chi connectivity index (χ1) is 19.3. The second-order valence-corrected chi connectivity index (χ2v) is 11.1. The first kappa shape index (κ1) is 31.3. The summed E-state index contributed by atoms with van der Waals surface area (Å²) in [7, 11) is 3.54. The molecule has 3 N–H and O–H groups in total. The standard InChI is InChI=1S/C31H48N6O3/c1-5-6-7-16-33-30-27(23(2)34-31(32)35-30)9-8-17-37(28(38)20-25-14-18-36(3)19-15-25)22-26-12-10-24(11-13-26)21-29(39)40-4/h10-13,25H,5-9,14-22H2,1-4H3,(H3,32,33,34,35). The van der Waals surface area contributed by atoms with Crippen LogP contribution in [0.5, 0.6) is 0 Å². The Kier molecular flexibility index (Phi) is 12.7. The number of rotatable bonds is 15. The number of piperidine rings is 1. The molecule has 1 aliphatic rings. The van der Waals surface area contributed by atoms with Crippen LogP contribution in [0.25, 0.3) is 0 Å². The highest BCUT2D eigenvalue weighted by molar-refractivity contribution is 5.76. The predicted octanol–water partition coefficient (Wildman–Crippen LogP) is 4.38. The van der Waals surface area contributed by atoms with E-state index < -0.39 is 0 Å². The van der Waals surface area contributed by atoms with Crippen LogP contribution < -0.4 is 11.1 Å². The summed E-state index contributed by atoms with van der Waals surface area (Å²) in [6, 6.07) is 7.89. The second kappa shape index (κ2) is 16.2. The zero-order chi connectivity index (χ0) is 28.9. The van der Waals surface area contributed by atoms with Gasteiger partial charge in [-0.05, 0) is 76.2 Å². The largest absolute Gasteiger partial charge is 0.469 e. The molecule has 9 heteroatoms. The highest BCUT2D eigenvalue weighted by Gasteiger charge is 2.23. The molecule has 9 nitrogen and oxygen atoms in total. The van der Waals surface area contributed by atoms with Gasteiger partial charge in [0, 0.05) is 37.3 Å². The van der Waals surface area contributed by atoms with Gasteiger partial charge in [-0.2, -0.15) is 4.98 Å². The molecule has 0 aliphatic carbocycles. The van der Waals surface area contributed by atoms with Crippen molar-refractivity contribution in [3.63, 3.8) is 0 Å². The summed E-state index contributed by atoms with van der Waals surface area (Å²) >= 11 is 0. The lowest BCUT2D eigenvalue weighted by Gasteiger charge is -2.31. The maximum Gasteiger partial charge on any atom is 0.309 e. The molecule has 2 aromatic rings. The summed E-state index contributed by atoms with van der Waals surface area (Å²) in [4.78, 5) is 38.4. The number of carbonyl (C=O) groups is 2. The van der Waals surface area contributed by atoms with Gasteiger partial charge in [-0.1, -0.05) is 44.0 Å². The van der Waals surface area contributed by atoms with E-state index in [0.29, 0.717) is 25.4 Å². The molecule has 1 amide bonds. The summed E-state index contributed by atoms with van der Waals surface area (Å²) in [5.41, 5.74) is 9.87. The molecule has 1 fully saturated rings. The average molecular weight is 553 g/mol. The van der Waals surface area contributed by atoms with Crippen molar-refractivity contribution in [1.82, 2.24) is 19.8 Å². The number of nitrogens with one attached hydrogen (secondary N) is 1. The van der Waals surface area contributed by atoms with Crippen molar-refractivity contribution in [2.45, 2.75) is 78.2 Å². The average Bonchev–Trinajstić information content (AvgIpc) is 2.93. The topological polar surface area (TPSA) is 114 Å². The zero-order valence-electron chi connectivity index (χ0n) is 24.9. The second-order valence-electron chi connectivity index (χ2n) is 11.1. The van der Waals surface area contributed by atoms with Gasteiger partial charge in [0.2, 0.25) is 11.9 Å². The first-order valence-electron chi connectivity index (χ1n) is 14.8. The lowest BCUT2D eigenvalue weighted by atomic mass is 9.93. The van der Waals surface area contributed by atoms with Crippen molar-refractivity contribution < 1.29 is 14.3 Å². The molecule has 1 aromatic carbocycles. The summed E-state index contributed by atoms with van der Waals surface area (Å²) in [5, 5.41) is 3.46. The number of benzene rings is 1. The number of carbonyl (C=O) groups excluding carboxylic acids is 2. The van der Waals surface area contributed by atoms with Crippen LogP contribution in [-0.4, -0.2) is 72.0 Å². The maximum absolute atomic E-state index is 13.6. The van der Waals surface area contributed by atoms with Crippen LogP contribution in [-0.2, 0) is 33.7 Å². The lowest BCUT2D eigenvalue weighted by molar-refractivity contribution is -0.139. The molecule has 0 bridgehead atoms. The van der Waals surface area contributed by atoms with Crippen LogP contribution in [0, 0.1) is 12.8 Å². The minimum absolute atomic E-state index is 0.205. The van der Waals surface area contributed by atoms with Gasteiger partial charge in [0.1, 0.15) is 5.82 Å². The summed E-state index contributed by atoms with van der Waals surface area (Å²) < 4.78 is 4.78. The molecule has 1 saturated heterocycles. The number of esters is 1. The van der Waals surface area contributed by atoms with Gasteiger partial charge in [-0.15, -0.1) is 0 Å². The molecule has 0 unspecified atom stereocenters. The van der Waals surface area contributed by atoms with Crippen LogP contribution in [0.2, 0.25) is 0 Å². The third-order valence-corrected chi connectivity index (χ3v) is 7.79. The Balaban J connectivity index is 1.68. The monoisotopic (exact) mass is 552 g/mol. The van der Waals surface area contributed by atoms with E-state index in [9.17, 15) is 9.59 Å². The van der Waals surface area contributed by atoms with E-state index in [1.165, 1.54) is 13.5 Å². The normalized spacial score (nSPS) is 14.2. The SMILES string of the molecule is CCCCCNc1nc(N)nc(C)c1CCCN(Cc1ccc(CC(=O)OC)cc1)C(=O)CC1CCN(C)CC1. The Hall–Kier alpha value is -3.20. The number of hydrogen-bond acceptors (Lipinski definition) is 8. The van der Waals surface area contributed by atoms with Crippen molar-refractivity contribution in [3.05, 3.63) is 46.6 Å². The minimum atomic E-state index is -0.260. The zero-order valence-corrected chi connectivity index (χ0v) is 24.9. The van der Waals surface area contributed by atoms with Gasteiger partial charge >= 0.3 is 5.97 Å². The van der Waals surface area contributed by atoms with Gasteiger partial charge in [0.05, 0.1) is 13.5 Å². The highest BCUT2D eigenvalue weighted by atomic mass is 16.5. The number of nitrogens with two attached hydrogens (primary N) is 1. The van der Waals surface area contributed by atoms with Crippen molar-refractivity contribution >= 4 is 23.6 Å². The summed E-state index contributed by atoms with van der Waals surface area (Å²) in [5.74, 6) is 1.47. The minimum Gasteiger partial charge on any atom is -0.469 e. The van der Waals surface area contributed by atoms with Crippen LogP contribution in [0.4, 0.5) is 11.8 Å². The molecule has 2 heterocycles. The Morgan fingerprint density at radius 3 is 2.48 bits per heavy atom. The Morgan fingerprint density at radius 2 is 1.80 bits per heavy atom. The fraction of sp³-hybridized carbons (Fsp3) is 0.613. The molecule has 1 aliphatic heterocycles. The smallest absolute Gasteiger partial charge is 0.309 e. The van der Waals surface area contributed by atoms with Gasteiger partial charge in [0.15, 0.2) is 0 Å². The molecule has 1 aromatic heterocycles. The van der Waals surface area contributed by atoms with Crippen LogP contribution in [0.15, 0.2) is 24.3 Å². The summed E-state index contributed by atoms with van der Waals surface area (Å²) in [6.07, 6.45) is 7.93. The molecule has 220 valence electrons. The van der Waals surface area contributed by atoms with E-state index in [1.54, 1.807) is 0 Å². The lowest BCUT2D eigenvalue weighted by Crippen LogP contribution is -2.36. The number of amides is 1. The number of anilines is 2. The number of unbranched alkanes of at least 4 members (excludes halogenated alkanes) is 2. The van der Waals surface area contributed by atoms with Crippen molar-refractivity contribution in [2.24, 2.45) is 5.92 Å². The fourth-order valence-corrected chi connectivity index (χ4v) is 5.25. The number of ether oxygens (including phenoxy) is 1. The molecule has 40 heavy (non-hydrogen) atoms. The summed E-state index contributed by atoms with van der Waals surface area (Å²) in [6.45, 7) is 8.30. The number of nitrogen functional groups attached to an aromatic ring is 1. The number of hydrogen-bond donors (Lipinski definition) is 2. The van der Waals surface area contributed by atoms with Gasteiger partial charge < -0.3 is 25.6 Å². The molecular weight excluding hydrogens is 504 g/mol. The third-order valence-electron chi connectivity index (χ3n) is 7.79. The molecular formula is C31H48N6O3. The molecule has 0 spiro atoms. The first-order valence-corrected chi connectivity index (χ1v) is 14.8. The van der Waals surface area contributed by atoms with Gasteiger partial charge in [-0.3, -0.25) is 9.59 Å².